The molecule has 4 rings (SSSR count). The number of aromatic nitrogens is 2. The van der Waals surface area contributed by atoms with E-state index in [9.17, 15) is 0 Å². The van der Waals surface area contributed by atoms with E-state index in [0.717, 1.165) is 33.3 Å². The molecule has 0 bridgehead atoms. The number of aryl methyl sites for hydroxylation is 1. The lowest BCUT2D eigenvalue weighted by Crippen LogP contribution is -1.95. The fourth-order valence-electron chi connectivity index (χ4n) is 3.53. The Balaban J connectivity index is 1.96. The lowest BCUT2D eigenvalue weighted by atomic mass is 9.97. The highest BCUT2D eigenvalue weighted by Crippen LogP contribution is 2.36. The van der Waals surface area contributed by atoms with Gasteiger partial charge >= 0.3 is 0 Å². The molecule has 0 saturated heterocycles. The number of benzene rings is 1. The number of furan rings is 1. The van der Waals surface area contributed by atoms with Crippen LogP contribution in [-0.4, -0.2) is 9.97 Å². The highest BCUT2D eigenvalue weighted by Gasteiger charge is 2.16. The fourth-order valence-corrected chi connectivity index (χ4v) is 3.53. The third-order valence-electron chi connectivity index (χ3n) is 5.02. The third-order valence-corrected chi connectivity index (χ3v) is 5.02. The molecule has 0 aliphatic heterocycles. The predicted molar refractivity (Wildman–Crippen MR) is 108 cm³/mol. The summed E-state index contributed by atoms with van der Waals surface area (Å²) in [5.74, 6) is 0.835. The Kier molecular flexibility index (Phi) is 4.03. The van der Waals surface area contributed by atoms with Gasteiger partial charge in [-0.15, -0.1) is 0 Å². The maximum Gasteiger partial charge on any atom is 0.227 e. The van der Waals surface area contributed by atoms with Crippen molar-refractivity contribution in [1.29, 1.82) is 0 Å². The first-order valence-electron chi connectivity index (χ1n) is 9.24. The van der Waals surface area contributed by atoms with Crippen LogP contribution in [0.2, 0.25) is 0 Å². The molecule has 0 unspecified atom stereocenters. The third kappa shape index (κ3) is 2.68. The number of hydrogen-bond donors (Lipinski definition) is 0. The fraction of sp³-hybridized carbons (Fsp3) is 0.304. The molecular formula is C23H24N2O. The van der Waals surface area contributed by atoms with Crippen LogP contribution in [-0.2, 0) is 0 Å². The van der Waals surface area contributed by atoms with Crippen molar-refractivity contribution in [2.75, 3.05) is 0 Å². The van der Waals surface area contributed by atoms with E-state index in [0.29, 0.717) is 17.5 Å². The Morgan fingerprint density at radius 2 is 1.73 bits per heavy atom. The Hall–Kier alpha value is -2.68. The predicted octanol–water partition coefficient (Wildman–Crippen LogP) is 6.60. The van der Waals surface area contributed by atoms with Gasteiger partial charge in [-0.05, 0) is 54.2 Å². The molecule has 0 aliphatic rings. The molecule has 0 saturated carbocycles. The first-order chi connectivity index (χ1) is 12.5. The standard InChI is InChI=1S/C23H24N2O/c1-13(2)19-11-21(24-12-15(19)5)18-8-6-7-16-17-9-10-20(14(3)4)25-23(17)26-22(16)18/h6-14H,1-5H3. The summed E-state index contributed by atoms with van der Waals surface area (Å²) in [6, 6.07) is 12.6. The van der Waals surface area contributed by atoms with Gasteiger partial charge in [0.15, 0.2) is 0 Å². The molecule has 1 aromatic carbocycles. The molecule has 3 heterocycles. The molecule has 0 N–H and O–H groups in total. The van der Waals surface area contributed by atoms with Crippen LogP contribution in [0.25, 0.3) is 33.3 Å². The average Bonchev–Trinajstić information content (AvgIpc) is 2.99. The van der Waals surface area contributed by atoms with Crippen LogP contribution < -0.4 is 0 Å². The number of fused-ring (bicyclic) bond motifs is 3. The van der Waals surface area contributed by atoms with Crippen molar-refractivity contribution in [3.05, 3.63) is 59.4 Å². The van der Waals surface area contributed by atoms with Gasteiger partial charge in [-0.1, -0.05) is 39.8 Å². The second-order valence-corrected chi connectivity index (χ2v) is 7.61. The largest absolute Gasteiger partial charge is 0.437 e. The zero-order valence-corrected chi connectivity index (χ0v) is 16.0. The quantitative estimate of drug-likeness (QED) is 0.420. The molecule has 0 atom stereocenters. The minimum Gasteiger partial charge on any atom is -0.437 e. The first kappa shape index (κ1) is 16.8. The van der Waals surface area contributed by atoms with Gasteiger partial charge in [0.1, 0.15) is 5.58 Å². The molecule has 3 aromatic heterocycles. The highest BCUT2D eigenvalue weighted by molar-refractivity contribution is 6.08. The summed E-state index contributed by atoms with van der Waals surface area (Å²) in [7, 11) is 0. The maximum atomic E-state index is 6.21. The average molecular weight is 344 g/mol. The van der Waals surface area contributed by atoms with Crippen LogP contribution >= 0.6 is 0 Å². The van der Waals surface area contributed by atoms with E-state index in [1.807, 2.05) is 6.20 Å². The summed E-state index contributed by atoms with van der Waals surface area (Å²) in [5, 5.41) is 2.15. The van der Waals surface area contributed by atoms with Crippen LogP contribution in [0.15, 0.2) is 47.0 Å². The topological polar surface area (TPSA) is 38.9 Å². The first-order valence-corrected chi connectivity index (χ1v) is 9.24. The van der Waals surface area contributed by atoms with Crippen molar-refractivity contribution >= 4 is 22.1 Å². The van der Waals surface area contributed by atoms with Gasteiger partial charge in [0.2, 0.25) is 5.71 Å². The lowest BCUT2D eigenvalue weighted by Gasteiger charge is -2.11. The summed E-state index contributed by atoms with van der Waals surface area (Å²) < 4.78 is 6.21. The van der Waals surface area contributed by atoms with E-state index < -0.39 is 0 Å². The van der Waals surface area contributed by atoms with Gasteiger partial charge < -0.3 is 4.42 Å². The summed E-state index contributed by atoms with van der Waals surface area (Å²) in [6.07, 6.45) is 1.96. The van der Waals surface area contributed by atoms with Gasteiger partial charge in [-0.25, -0.2) is 4.98 Å². The van der Waals surface area contributed by atoms with Gasteiger partial charge in [0.05, 0.1) is 5.69 Å². The number of para-hydroxylation sites is 1. The van der Waals surface area contributed by atoms with E-state index in [1.54, 1.807) is 0 Å². The van der Waals surface area contributed by atoms with E-state index in [2.05, 4.69) is 76.0 Å². The Morgan fingerprint density at radius 1 is 0.923 bits per heavy atom. The van der Waals surface area contributed by atoms with Gasteiger partial charge in [0.25, 0.3) is 0 Å². The molecular weight excluding hydrogens is 320 g/mol. The lowest BCUT2D eigenvalue weighted by molar-refractivity contribution is 0.648. The van der Waals surface area contributed by atoms with E-state index in [1.165, 1.54) is 11.1 Å². The number of rotatable bonds is 3. The minimum absolute atomic E-state index is 0.374. The van der Waals surface area contributed by atoms with Crippen molar-refractivity contribution in [3.8, 4) is 11.3 Å². The zero-order valence-electron chi connectivity index (χ0n) is 16.0. The van der Waals surface area contributed by atoms with Crippen LogP contribution in [0, 0.1) is 6.92 Å². The van der Waals surface area contributed by atoms with Crippen LogP contribution in [0.3, 0.4) is 0 Å². The minimum atomic E-state index is 0.374. The van der Waals surface area contributed by atoms with Gasteiger partial charge in [-0.2, -0.15) is 0 Å². The monoisotopic (exact) mass is 344 g/mol. The number of hydrogen-bond acceptors (Lipinski definition) is 3. The maximum absolute atomic E-state index is 6.21. The van der Waals surface area contributed by atoms with Crippen molar-refractivity contribution in [3.63, 3.8) is 0 Å². The van der Waals surface area contributed by atoms with Crippen molar-refractivity contribution in [1.82, 2.24) is 9.97 Å². The summed E-state index contributed by atoms with van der Waals surface area (Å²) >= 11 is 0. The normalized spacial score (nSPS) is 12.0. The van der Waals surface area contributed by atoms with E-state index >= 15 is 0 Å². The Bertz CT molecular complexity index is 1110. The molecule has 0 fully saturated rings. The summed E-state index contributed by atoms with van der Waals surface area (Å²) in [5.41, 5.74) is 7.14. The molecule has 0 amide bonds. The molecule has 0 radical (unpaired) electrons. The smallest absolute Gasteiger partial charge is 0.227 e. The number of nitrogens with zero attached hydrogens (tertiary/aromatic N) is 2. The summed E-state index contributed by atoms with van der Waals surface area (Å²) in [6.45, 7) is 10.8. The highest BCUT2D eigenvalue weighted by atomic mass is 16.3. The molecule has 26 heavy (non-hydrogen) atoms. The Morgan fingerprint density at radius 3 is 2.46 bits per heavy atom. The van der Waals surface area contributed by atoms with Crippen LogP contribution in [0.1, 0.15) is 56.4 Å². The van der Waals surface area contributed by atoms with E-state index in [-0.39, 0.29) is 0 Å². The van der Waals surface area contributed by atoms with Crippen molar-refractivity contribution in [2.45, 2.75) is 46.5 Å². The van der Waals surface area contributed by atoms with Crippen molar-refractivity contribution in [2.24, 2.45) is 0 Å². The second kappa shape index (κ2) is 6.24. The Labute approximate surface area is 154 Å². The SMILES string of the molecule is Cc1cnc(-c2cccc3c2oc2nc(C(C)C)ccc23)cc1C(C)C. The number of pyridine rings is 2. The van der Waals surface area contributed by atoms with Crippen LogP contribution in [0.4, 0.5) is 0 Å². The van der Waals surface area contributed by atoms with Gasteiger partial charge in [0, 0.05) is 28.2 Å². The molecule has 3 heteroatoms. The van der Waals surface area contributed by atoms with Gasteiger partial charge in [-0.3, -0.25) is 4.98 Å². The molecule has 3 nitrogen and oxygen atoms in total. The molecule has 0 aliphatic carbocycles. The molecule has 0 spiro atoms. The zero-order chi connectivity index (χ0) is 18.4. The molecule has 4 aromatic rings. The second-order valence-electron chi connectivity index (χ2n) is 7.61. The molecule has 132 valence electrons. The van der Waals surface area contributed by atoms with Crippen LogP contribution in [0.5, 0.6) is 0 Å². The van der Waals surface area contributed by atoms with Crippen molar-refractivity contribution < 1.29 is 4.42 Å². The summed E-state index contributed by atoms with van der Waals surface area (Å²) in [4.78, 5) is 9.40. The van der Waals surface area contributed by atoms with E-state index in [4.69, 9.17) is 9.40 Å².